The topological polar surface area (TPSA) is 49.9 Å². The molecule has 106 valence electrons. The Morgan fingerprint density at radius 3 is 3.14 bits per heavy atom. The van der Waals surface area contributed by atoms with Crippen molar-refractivity contribution in [1.82, 2.24) is 10.2 Å². The molecule has 0 saturated heterocycles. The fourth-order valence-electron chi connectivity index (χ4n) is 2.84. The van der Waals surface area contributed by atoms with Gasteiger partial charge in [0.15, 0.2) is 0 Å². The van der Waals surface area contributed by atoms with Crippen molar-refractivity contribution in [1.29, 1.82) is 0 Å². The molecule has 2 heterocycles. The van der Waals surface area contributed by atoms with Crippen LogP contribution in [0.25, 0.3) is 10.9 Å². The maximum absolute atomic E-state index is 5.56. The highest BCUT2D eigenvalue weighted by Gasteiger charge is 2.14. The summed E-state index contributed by atoms with van der Waals surface area (Å²) in [6.07, 6.45) is 2.85. The zero-order valence-corrected chi connectivity index (χ0v) is 11.9. The van der Waals surface area contributed by atoms with Crippen LogP contribution in [0.1, 0.15) is 24.1 Å². The van der Waals surface area contributed by atoms with Gasteiger partial charge in [-0.2, -0.15) is 5.10 Å². The molecule has 0 spiro atoms. The summed E-state index contributed by atoms with van der Waals surface area (Å²) in [4.78, 5) is 0. The molecule has 1 aliphatic heterocycles. The Kier molecular flexibility index (Phi) is 2.81. The van der Waals surface area contributed by atoms with Crippen LogP contribution in [0.4, 0.5) is 5.69 Å². The summed E-state index contributed by atoms with van der Waals surface area (Å²) in [6.45, 7) is 2.98. The van der Waals surface area contributed by atoms with Crippen LogP contribution in [-0.2, 0) is 6.42 Å². The number of H-pyrrole nitrogens is 1. The Morgan fingerprint density at radius 2 is 2.19 bits per heavy atom. The van der Waals surface area contributed by atoms with Gasteiger partial charge in [0, 0.05) is 23.5 Å². The highest BCUT2D eigenvalue weighted by molar-refractivity contribution is 5.81. The number of rotatable bonds is 3. The zero-order chi connectivity index (χ0) is 14.2. The van der Waals surface area contributed by atoms with Gasteiger partial charge in [0.05, 0.1) is 18.3 Å². The Labute approximate surface area is 123 Å². The van der Waals surface area contributed by atoms with Crippen molar-refractivity contribution in [3.05, 3.63) is 53.7 Å². The minimum atomic E-state index is 0.247. The van der Waals surface area contributed by atoms with Gasteiger partial charge in [0.2, 0.25) is 0 Å². The molecule has 0 fully saturated rings. The SMILES string of the molecule is CC(Nc1ccc2cn[nH]c2c1)c1ccc2c(c1)CCO2. The van der Waals surface area contributed by atoms with E-state index in [1.807, 2.05) is 6.20 Å². The van der Waals surface area contributed by atoms with Crippen LogP contribution in [0.3, 0.4) is 0 Å². The maximum Gasteiger partial charge on any atom is 0.122 e. The molecule has 0 saturated carbocycles. The van der Waals surface area contributed by atoms with Crippen LogP contribution < -0.4 is 10.1 Å². The van der Waals surface area contributed by atoms with Gasteiger partial charge in [-0.25, -0.2) is 0 Å². The number of benzene rings is 2. The molecular formula is C17H17N3O. The summed E-state index contributed by atoms with van der Waals surface area (Å²) in [6, 6.07) is 13.0. The van der Waals surface area contributed by atoms with Crippen molar-refractivity contribution in [3.8, 4) is 5.75 Å². The number of hydrogen-bond acceptors (Lipinski definition) is 3. The number of nitrogens with zero attached hydrogens (tertiary/aromatic N) is 1. The molecular weight excluding hydrogens is 262 g/mol. The van der Waals surface area contributed by atoms with Crippen LogP contribution in [-0.4, -0.2) is 16.8 Å². The largest absolute Gasteiger partial charge is 0.493 e. The first-order valence-corrected chi connectivity index (χ1v) is 7.25. The first-order chi connectivity index (χ1) is 10.3. The van der Waals surface area contributed by atoms with Gasteiger partial charge in [0.1, 0.15) is 5.75 Å². The summed E-state index contributed by atoms with van der Waals surface area (Å²) in [7, 11) is 0. The molecule has 0 amide bonds. The zero-order valence-electron chi connectivity index (χ0n) is 11.9. The quantitative estimate of drug-likeness (QED) is 0.769. The molecule has 1 atom stereocenters. The van der Waals surface area contributed by atoms with Crippen molar-refractivity contribution in [2.24, 2.45) is 0 Å². The number of hydrogen-bond donors (Lipinski definition) is 2. The van der Waals surface area contributed by atoms with E-state index in [0.29, 0.717) is 0 Å². The van der Waals surface area contributed by atoms with Crippen molar-refractivity contribution >= 4 is 16.6 Å². The minimum Gasteiger partial charge on any atom is -0.493 e. The number of ether oxygens (including phenoxy) is 1. The van der Waals surface area contributed by atoms with E-state index in [-0.39, 0.29) is 6.04 Å². The Bertz CT molecular complexity index is 794. The van der Waals surface area contributed by atoms with Crippen molar-refractivity contribution in [2.45, 2.75) is 19.4 Å². The van der Waals surface area contributed by atoms with E-state index in [1.54, 1.807) is 0 Å². The fraction of sp³-hybridized carbons (Fsp3) is 0.235. The molecule has 2 aromatic carbocycles. The van der Waals surface area contributed by atoms with E-state index in [0.717, 1.165) is 35.4 Å². The predicted octanol–water partition coefficient (Wildman–Crippen LogP) is 3.67. The molecule has 2 N–H and O–H groups in total. The molecule has 1 aromatic heterocycles. The third-order valence-electron chi connectivity index (χ3n) is 4.04. The minimum absolute atomic E-state index is 0.247. The molecule has 1 unspecified atom stereocenters. The number of fused-ring (bicyclic) bond motifs is 2. The van der Waals surface area contributed by atoms with Crippen LogP contribution in [0.15, 0.2) is 42.6 Å². The number of nitrogens with one attached hydrogen (secondary N) is 2. The molecule has 0 aliphatic carbocycles. The second-order valence-electron chi connectivity index (χ2n) is 5.50. The third kappa shape index (κ3) is 2.23. The van der Waals surface area contributed by atoms with Crippen molar-refractivity contribution in [3.63, 3.8) is 0 Å². The Morgan fingerprint density at radius 1 is 1.24 bits per heavy atom. The van der Waals surface area contributed by atoms with Crippen LogP contribution in [0.5, 0.6) is 5.75 Å². The first kappa shape index (κ1) is 12.3. The van der Waals surface area contributed by atoms with Crippen molar-refractivity contribution in [2.75, 3.05) is 11.9 Å². The van der Waals surface area contributed by atoms with Gasteiger partial charge < -0.3 is 10.1 Å². The lowest BCUT2D eigenvalue weighted by Gasteiger charge is -2.16. The molecule has 0 bridgehead atoms. The standard InChI is InChI=1S/C17H17N3O/c1-11(12-3-5-17-13(8-12)6-7-21-17)19-15-4-2-14-10-18-20-16(14)9-15/h2-5,8-11,19H,6-7H2,1H3,(H,18,20). The lowest BCUT2D eigenvalue weighted by atomic mass is 10.0. The van der Waals surface area contributed by atoms with Crippen molar-refractivity contribution < 1.29 is 4.74 Å². The van der Waals surface area contributed by atoms with Gasteiger partial charge >= 0.3 is 0 Å². The lowest BCUT2D eigenvalue weighted by molar-refractivity contribution is 0.357. The normalized spacial score (nSPS) is 14.7. The summed E-state index contributed by atoms with van der Waals surface area (Å²) in [5, 5.41) is 11.7. The Hall–Kier alpha value is -2.49. The molecule has 1 aliphatic rings. The fourth-order valence-corrected chi connectivity index (χ4v) is 2.84. The average Bonchev–Trinajstić information content (AvgIpc) is 3.14. The third-order valence-corrected chi connectivity index (χ3v) is 4.04. The van der Waals surface area contributed by atoms with Gasteiger partial charge in [0.25, 0.3) is 0 Å². The van der Waals surface area contributed by atoms with E-state index < -0.39 is 0 Å². The number of aromatic nitrogens is 2. The van der Waals surface area contributed by atoms with E-state index in [1.165, 1.54) is 11.1 Å². The molecule has 21 heavy (non-hydrogen) atoms. The summed E-state index contributed by atoms with van der Waals surface area (Å²) in [5.74, 6) is 1.03. The van der Waals surface area contributed by atoms with E-state index in [2.05, 4.69) is 58.8 Å². The van der Waals surface area contributed by atoms with Gasteiger partial charge in [-0.3, -0.25) is 5.10 Å². The van der Waals surface area contributed by atoms with Gasteiger partial charge in [-0.05, 0) is 48.4 Å². The molecule has 3 aromatic rings. The van der Waals surface area contributed by atoms with E-state index in [4.69, 9.17) is 4.74 Å². The second kappa shape index (κ2) is 4.81. The molecule has 4 heteroatoms. The van der Waals surface area contributed by atoms with E-state index in [9.17, 15) is 0 Å². The second-order valence-corrected chi connectivity index (χ2v) is 5.50. The van der Waals surface area contributed by atoms with Gasteiger partial charge in [-0.1, -0.05) is 6.07 Å². The van der Waals surface area contributed by atoms with Crippen LogP contribution in [0, 0.1) is 0 Å². The van der Waals surface area contributed by atoms with Gasteiger partial charge in [-0.15, -0.1) is 0 Å². The number of anilines is 1. The lowest BCUT2D eigenvalue weighted by Crippen LogP contribution is -2.06. The monoisotopic (exact) mass is 279 g/mol. The molecule has 0 radical (unpaired) electrons. The Balaban J connectivity index is 1.58. The smallest absolute Gasteiger partial charge is 0.122 e. The van der Waals surface area contributed by atoms with E-state index >= 15 is 0 Å². The highest BCUT2D eigenvalue weighted by Crippen LogP contribution is 2.29. The maximum atomic E-state index is 5.56. The van der Waals surface area contributed by atoms with Crippen LogP contribution >= 0.6 is 0 Å². The predicted molar refractivity (Wildman–Crippen MR) is 83.8 cm³/mol. The molecule has 4 rings (SSSR count). The number of aromatic amines is 1. The highest BCUT2D eigenvalue weighted by atomic mass is 16.5. The summed E-state index contributed by atoms with van der Waals surface area (Å²) < 4.78 is 5.56. The first-order valence-electron chi connectivity index (χ1n) is 7.25. The summed E-state index contributed by atoms with van der Waals surface area (Å²) >= 11 is 0. The average molecular weight is 279 g/mol. The summed E-state index contributed by atoms with van der Waals surface area (Å²) in [5.41, 5.74) is 4.74. The van der Waals surface area contributed by atoms with Crippen LogP contribution in [0.2, 0.25) is 0 Å². The molecule has 4 nitrogen and oxygen atoms in total.